The van der Waals surface area contributed by atoms with E-state index in [1.165, 1.54) is 6.33 Å². The Labute approximate surface area is 139 Å². The van der Waals surface area contributed by atoms with Gasteiger partial charge in [0.2, 0.25) is 5.91 Å². The zero-order valence-electron chi connectivity index (χ0n) is 13.5. The molecule has 0 bridgehead atoms. The SMILES string of the molecule is CC(NC(=O)CC1(C(=O)O)CCC1)c1ccc(-n2cncn2)cc1. The first-order valence-electron chi connectivity index (χ1n) is 7.98. The Bertz CT molecular complexity index is 721. The fraction of sp³-hybridized carbons (Fsp3) is 0.412. The Balaban J connectivity index is 1.61. The van der Waals surface area contributed by atoms with Crippen molar-refractivity contribution in [3.63, 3.8) is 0 Å². The first kappa shape index (κ1) is 16.2. The molecule has 1 saturated carbocycles. The minimum atomic E-state index is -0.867. The highest BCUT2D eigenvalue weighted by molar-refractivity contribution is 5.85. The zero-order valence-corrected chi connectivity index (χ0v) is 13.5. The second-order valence-corrected chi connectivity index (χ2v) is 6.34. The van der Waals surface area contributed by atoms with Crippen LogP contribution in [0.15, 0.2) is 36.9 Å². The molecule has 0 aliphatic heterocycles. The molecule has 1 aromatic heterocycles. The molecule has 1 atom stereocenters. The topological polar surface area (TPSA) is 97.1 Å². The Kier molecular flexibility index (Phi) is 4.33. The van der Waals surface area contributed by atoms with Gasteiger partial charge in [-0.2, -0.15) is 5.10 Å². The van der Waals surface area contributed by atoms with Crippen molar-refractivity contribution in [2.45, 2.75) is 38.6 Å². The van der Waals surface area contributed by atoms with Gasteiger partial charge < -0.3 is 10.4 Å². The van der Waals surface area contributed by atoms with Gasteiger partial charge in [-0.3, -0.25) is 9.59 Å². The standard InChI is InChI=1S/C17H20N4O3/c1-12(20-15(22)9-17(16(23)24)7-2-8-17)13-3-5-14(6-4-13)21-11-18-10-19-21/h3-6,10-12H,2,7-9H2,1H3,(H,20,22)(H,23,24). The van der Waals surface area contributed by atoms with Crippen molar-refractivity contribution in [2.24, 2.45) is 5.41 Å². The summed E-state index contributed by atoms with van der Waals surface area (Å²) in [6.45, 7) is 1.89. The Hall–Kier alpha value is -2.70. The van der Waals surface area contributed by atoms with Gasteiger partial charge in [-0.25, -0.2) is 9.67 Å². The second-order valence-electron chi connectivity index (χ2n) is 6.34. The molecule has 0 saturated heterocycles. The molecule has 24 heavy (non-hydrogen) atoms. The number of aromatic nitrogens is 3. The molecule has 2 aromatic rings. The number of benzene rings is 1. The van der Waals surface area contributed by atoms with Crippen LogP contribution in [0.1, 0.15) is 44.2 Å². The molecule has 1 fully saturated rings. The van der Waals surface area contributed by atoms with Crippen LogP contribution in [-0.2, 0) is 9.59 Å². The maximum Gasteiger partial charge on any atom is 0.310 e. The summed E-state index contributed by atoms with van der Waals surface area (Å²) in [5, 5.41) is 16.3. The third-order valence-corrected chi connectivity index (χ3v) is 4.72. The van der Waals surface area contributed by atoms with Gasteiger partial charge in [0.1, 0.15) is 12.7 Å². The first-order chi connectivity index (χ1) is 11.5. The van der Waals surface area contributed by atoms with Gasteiger partial charge in [-0.05, 0) is 37.5 Å². The van der Waals surface area contributed by atoms with E-state index >= 15 is 0 Å². The quantitative estimate of drug-likeness (QED) is 0.846. The number of carbonyl (C=O) groups is 2. The number of nitrogens with zero attached hydrogens (tertiary/aromatic N) is 3. The molecule has 7 heteroatoms. The minimum Gasteiger partial charge on any atom is -0.481 e. The van der Waals surface area contributed by atoms with Crippen LogP contribution in [0.5, 0.6) is 0 Å². The van der Waals surface area contributed by atoms with Crippen LogP contribution >= 0.6 is 0 Å². The van der Waals surface area contributed by atoms with E-state index in [2.05, 4.69) is 15.4 Å². The van der Waals surface area contributed by atoms with Gasteiger partial charge in [0.05, 0.1) is 17.1 Å². The van der Waals surface area contributed by atoms with Gasteiger partial charge in [-0.1, -0.05) is 18.6 Å². The predicted octanol–water partition coefficient (Wildman–Crippen LogP) is 2.09. The van der Waals surface area contributed by atoms with Crippen LogP contribution in [0.25, 0.3) is 5.69 Å². The van der Waals surface area contributed by atoms with Crippen LogP contribution < -0.4 is 5.32 Å². The lowest BCUT2D eigenvalue weighted by Gasteiger charge is -2.37. The number of amides is 1. The van der Waals surface area contributed by atoms with Crippen LogP contribution in [0.3, 0.4) is 0 Å². The van der Waals surface area contributed by atoms with Crippen molar-refractivity contribution in [2.75, 3.05) is 0 Å². The van der Waals surface area contributed by atoms with Crippen LogP contribution in [-0.4, -0.2) is 31.7 Å². The van der Waals surface area contributed by atoms with E-state index in [-0.39, 0.29) is 18.4 Å². The van der Waals surface area contributed by atoms with Crippen molar-refractivity contribution >= 4 is 11.9 Å². The van der Waals surface area contributed by atoms with Crippen molar-refractivity contribution in [3.05, 3.63) is 42.5 Å². The largest absolute Gasteiger partial charge is 0.481 e. The summed E-state index contributed by atoms with van der Waals surface area (Å²) in [6, 6.07) is 7.44. The highest BCUT2D eigenvalue weighted by Gasteiger charge is 2.45. The first-order valence-corrected chi connectivity index (χ1v) is 7.98. The van der Waals surface area contributed by atoms with E-state index in [4.69, 9.17) is 0 Å². The highest BCUT2D eigenvalue weighted by atomic mass is 16.4. The summed E-state index contributed by atoms with van der Waals surface area (Å²) >= 11 is 0. The molecular weight excluding hydrogens is 308 g/mol. The van der Waals surface area contributed by atoms with Crippen molar-refractivity contribution in [1.82, 2.24) is 20.1 Å². The molecule has 0 spiro atoms. The fourth-order valence-corrected chi connectivity index (χ4v) is 3.01. The number of aliphatic carboxylic acids is 1. The fourth-order valence-electron chi connectivity index (χ4n) is 3.01. The third kappa shape index (κ3) is 3.15. The zero-order chi connectivity index (χ0) is 17.2. The van der Waals surface area contributed by atoms with E-state index in [0.717, 1.165) is 17.7 Å². The van der Waals surface area contributed by atoms with Crippen molar-refractivity contribution in [1.29, 1.82) is 0 Å². The minimum absolute atomic E-state index is 0.0454. The van der Waals surface area contributed by atoms with Crippen LogP contribution in [0.2, 0.25) is 0 Å². The van der Waals surface area contributed by atoms with E-state index < -0.39 is 11.4 Å². The average Bonchev–Trinajstić information content (AvgIpc) is 3.05. The van der Waals surface area contributed by atoms with Crippen molar-refractivity contribution in [3.8, 4) is 5.69 Å². The maximum absolute atomic E-state index is 12.2. The van der Waals surface area contributed by atoms with E-state index in [1.807, 2.05) is 31.2 Å². The molecule has 126 valence electrons. The van der Waals surface area contributed by atoms with Crippen LogP contribution in [0.4, 0.5) is 0 Å². The average molecular weight is 328 g/mol. The number of carbonyl (C=O) groups excluding carboxylic acids is 1. The lowest BCUT2D eigenvalue weighted by Crippen LogP contribution is -2.43. The molecule has 7 nitrogen and oxygen atoms in total. The van der Waals surface area contributed by atoms with Gasteiger partial charge in [-0.15, -0.1) is 0 Å². The number of carboxylic acids is 1. The molecule has 1 unspecified atom stereocenters. The van der Waals surface area contributed by atoms with Gasteiger partial charge in [0.25, 0.3) is 0 Å². The Morgan fingerprint density at radius 1 is 1.33 bits per heavy atom. The number of rotatable bonds is 6. The summed E-state index contributed by atoms with van der Waals surface area (Å²) in [4.78, 5) is 27.5. The summed E-state index contributed by atoms with van der Waals surface area (Å²) in [6.07, 6.45) is 5.16. The van der Waals surface area contributed by atoms with E-state index in [9.17, 15) is 14.7 Å². The monoisotopic (exact) mass is 328 g/mol. The molecule has 1 amide bonds. The molecule has 1 aromatic carbocycles. The summed E-state index contributed by atoms with van der Waals surface area (Å²) in [7, 11) is 0. The number of hydrogen-bond donors (Lipinski definition) is 2. The van der Waals surface area contributed by atoms with Gasteiger partial charge in [0, 0.05) is 6.42 Å². The summed E-state index contributed by atoms with van der Waals surface area (Å²) in [5.41, 5.74) is 0.972. The molecule has 2 N–H and O–H groups in total. The summed E-state index contributed by atoms with van der Waals surface area (Å²) in [5.74, 6) is -1.08. The Morgan fingerprint density at radius 2 is 2.04 bits per heavy atom. The Morgan fingerprint density at radius 3 is 2.54 bits per heavy atom. The summed E-state index contributed by atoms with van der Waals surface area (Å²) < 4.78 is 1.65. The predicted molar refractivity (Wildman–Crippen MR) is 86.5 cm³/mol. The van der Waals surface area contributed by atoms with Gasteiger partial charge >= 0.3 is 5.97 Å². The molecule has 0 radical (unpaired) electrons. The maximum atomic E-state index is 12.2. The number of carboxylic acid groups (broad SMARTS) is 1. The lowest BCUT2D eigenvalue weighted by atomic mass is 9.66. The third-order valence-electron chi connectivity index (χ3n) is 4.72. The number of hydrogen-bond acceptors (Lipinski definition) is 4. The molecule has 3 rings (SSSR count). The second kappa shape index (κ2) is 6.43. The van der Waals surface area contributed by atoms with E-state index in [1.54, 1.807) is 11.0 Å². The van der Waals surface area contributed by atoms with E-state index in [0.29, 0.717) is 12.8 Å². The highest BCUT2D eigenvalue weighted by Crippen LogP contribution is 2.44. The van der Waals surface area contributed by atoms with Crippen LogP contribution in [0, 0.1) is 5.41 Å². The lowest BCUT2D eigenvalue weighted by molar-refractivity contribution is -0.157. The van der Waals surface area contributed by atoms with Crippen molar-refractivity contribution < 1.29 is 14.7 Å². The smallest absolute Gasteiger partial charge is 0.310 e. The molecule has 1 heterocycles. The normalized spacial score (nSPS) is 16.9. The molecule has 1 aliphatic carbocycles. The molecular formula is C17H20N4O3. The molecule has 1 aliphatic rings. The number of nitrogens with one attached hydrogen (secondary N) is 1. The van der Waals surface area contributed by atoms with Gasteiger partial charge in [0.15, 0.2) is 0 Å².